The lowest BCUT2D eigenvalue weighted by molar-refractivity contribution is -0.124. The number of rotatable bonds is 10. The van der Waals surface area contributed by atoms with E-state index in [1.807, 2.05) is 12.1 Å². The maximum atomic E-state index is 11.7. The third-order valence-electron chi connectivity index (χ3n) is 3.28. The predicted octanol–water partition coefficient (Wildman–Crippen LogP) is 1.03. The van der Waals surface area contributed by atoms with Crippen molar-refractivity contribution in [3.05, 3.63) is 29.8 Å². The summed E-state index contributed by atoms with van der Waals surface area (Å²) in [4.78, 5) is 33.6. The van der Waals surface area contributed by atoms with Gasteiger partial charge in [0, 0.05) is 25.2 Å². The number of carboxylic acid groups (broad SMARTS) is 1. The first-order valence-corrected chi connectivity index (χ1v) is 7.83. The number of nitrogens with one attached hydrogen (secondary N) is 3. The Morgan fingerprint density at radius 3 is 2.29 bits per heavy atom. The van der Waals surface area contributed by atoms with E-state index in [0.717, 1.165) is 12.0 Å². The Bertz CT molecular complexity index is 546. The fourth-order valence-corrected chi connectivity index (χ4v) is 1.98. The number of hydrogen-bond acceptors (Lipinski definition) is 4. The van der Waals surface area contributed by atoms with E-state index in [0.29, 0.717) is 38.0 Å². The zero-order valence-electron chi connectivity index (χ0n) is 13.5. The van der Waals surface area contributed by atoms with E-state index in [2.05, 4.69) is 16.0 Å². The normalized spacial score (nSPS) is 10.0. The minimum atomic E-state index is -1.04. The van der Waals surface area contributed by atoms with Crippen molar-refractivity contribution in [3.8, 4) is 0 Å². The van der Waals surface area contributed by atoms with Crippen LogP contribution in [0.3, 0.4) is 0 Å². The van der Waals surface area contributed by atoms with Crippen LogP contribution in [0.2, 0.25) is 0 Å². The molecular weight excluding hydrogens is 312 g/mol. The van der Waals surface area contributed by atoms with Gasteiger partial charge in [0.25, 0.3) is 0 Å². The third kappa shape index (κ3) is 8.74. The van der Waals surface area contributed by atoms with E-state index in [1.165, 1.54) is 0 Å². The van der Waals surface area contributed by atoms with Crippen LogP contribution in [0.4, 0.5) is 10.5 Å². The van der Waals surface area contributed by atoms with Gasteiger partial charge in [-0.05, 0) is 30.5 Å². The molecule has 3 amide bonds. The Hall–Kier alpha value is -2.61. The van der Waals surface area contributed by atoms with E-state index >= 15 is 0 Å². The largest absolute Gasteiger partial charge is 0.465 e. The highest BCUT2D eigenvalue weighted by Gasteiger charge is 2.06. The number of hydrogen-bond donors (Lipinski definition) is 5. The summed E-state index contributed by atoms with van der Waals surface area (Å²) in [6.45, 7) is 0.733. The molecule has 1 aromatic carbocycles. The lowest BCUT2D eigenvalue weighted by Gasteiger charge is -2.07. The topological polar surface area (TPSA) is 134 Å². The Morgan fingerprint density at radius 2 is 1.67 bits per heavy atom. The van der Waals surface area contributed by atoms with E-state index in [4.69, 9.17) is 10.8 Å². The van der Waals surface area contributed by atoms with Gasteiger partial charge >= 0.3 is 6.09 Å². The molecular formula is C16H24N4O4. The molecule has 132 valence electrons. The zero-order chi connectivity index (χ0) is 17.8. The van der Waals surface area contributed by atoms with Gasteiger partial charge in [-0.1, -0.05) is 18.6 Å². The highest BCUT2D eigenvalue weighted by molar-refractivity contribution is 5.94. The number of benzene rings is 1. The highest BCUT2D eigenvalue weighted by atomic mass is 16.4. The van der Waals surface area contributed by atoms with Crippen LogP contribution in [0, 0.1) is 0 Å². The smallest absolute Gasteiger partial charge is 0.404 e. The maximum absolute atomic E-state index is 11.7. The van der Waals surface area contributed by atoms with Crippen LogP contribution in [0.25, 0.3) is 0 Å². The molecule has 1 rings (SSSR count). The van der Waals surface area contributed by atoms with Gasteiger partial charge in [0.15, 0.2) is 0 Å². The van der Waals surface area contributed by atoms with Gasteiger partial charge < -0.3 is 26.8 Å². The minimum Gasteiger partial charge on any atom is -0.465 e. The molecule has 0 radical (unpaired) electrons. The van der Waals surface area contributed by atoms with E-state index in [-0.39, 0.29) is 18.4 Å². The second kappa shape index (κ2) is 11.0. The molecule has 8 nitrogen and oxygen atoms in total. The zero-order valence-corrected chi connectivity index (χ0v) is 13.5. The summed E-state index contributed by atoms with van der Waals surface area (Å²) < 4.78 is 0. The fourth-order valence-electron chi connectivity index (χ4n) is 1.98. The predicted molar refractivity (Wildman–Crippen MR) is 90.5 cm³/mol. The molecule has 1 aromatic rings. The first-order chi connectivity index (χ1) is 11.5. The first kappa shape index (κ1) is 19.4. The van der Waals surface area contributed by atoms with Crippen molar-refractivity contribution in [1.29, 1.82) is 0 Å². The molecule has 0 saturated heterocycles. The van der Waals surface area contributed by atoms with Crippen molar-refractivity contribution >= 4 is 23.6 Å². The summed E-state index contributed by atoms with van der Waals surface area (Å²) in [5.41, 5.74) is 7.12. The third-order valence-corrected chi connectivity index (χ3v) is 3.28. The molecule has 0 saturated carbocycles. The number of amides is 3. The number of carbonyl (C=O) groups is 3. The summed E-state index contributed by atoms with van der Waals surface area (Å²) in [5.74, 6) is -0.496. The molecule has 6 N–H and O–H groups in total. The molecule has 0 bridgehead atoms. The van der Waals surface area contributed by atoms with Crippen LogP contribution in [0.1, 0.15) is 31.2 Å². The maximum Gasteiger partial charge on any atom is 0.404 e. The van der Waals surface area contributed by atoms with Gasteiger partial charge in [-0.2, -0.15) is 0 Å². The van der Waals surface area contributed by atoms with Crippen molar-refractivity contribution < 1.29 is 19.5 Å². The van der Waals surface area contributed by atoms with Gasteiger partial charge in [-0.3, -0.25) is 9.59 Å². The van der Waals surface area contributed by atoms with Gasteiger partial charge in [-0.25, -0.2) is 4.79 Å². The van der Waals surface area contributed by atoms with Crippen molar-refractivity contribution in [2.45, 2.75) is 32.2 Å². The molecule has 8 heteroatoms. The Kier molecular flexibility index (Phi) is 8.91. The number of unbranched alkanes of at least 4 members (excludes halogenated alkanes) is 2. The van der Waals surface area contributed by atoms with Crippen LogP contribution in [0.15, 0.2) is 24.3 Å². The summed E-state index contributed by atoms with van der Waals surface area (Å²) >= 11 is 0. The van der Waals surface area contributed by atoms with E-state index in [1.54, 1.807) is 12.1 Å². The molecule has 0 unspecified atom stereocenters. The van der Waals surface area contributed by atoms with Gasteiger partial charge in [0.2, 0.25) is 11.8 Å². The second-order valence-electron chi connectivity index (χ2n) is 5.27. The number of nitrogens with two attached hydrogens (primary N) is 1. The van der Waals surface area contributed by atoms with Crippen molar-refractivity contribution in [2.75, 3.05) is 18.4 Å². The van der Waals surface area contributed by atoms with E-state index in [9.17, 15) is 14.4 Å². The number of carbonyl (C=O) groups excluding carboxylic acids is 2. The highest BCUT2D eigenvalue weighted by Crippen LogP contribution is 2.08. The van der Waals surface area contributed by atoms with Crippen LogP contribution >= 0.6 is 0 Å². The average molecular weight is 336 g/mol. The lowest BCUT2D eigenvalue weighted by Crippen LogP contribution is -2.32. The summed E-state index contributed by atoms with van der Waals surface area (Å²) in [7, 11) is 0. The Morgan fingerprint density at radius 1 is 0.958 bits per heavy atom. The van der Waals surface area contributed by atoms with Crippen LogP contribution in [-0.4, -0.2) is 36.1 Å². The van der Waals surface area contributed by atoms with Crippen LogP contribution in [-0.2, 0) is 16.1 Å². The SMILES string of the molecule is NCc1ccc(NC(=O)CNC(=O)CCCCCNC(=O)O)cc1. The quantitative estimate of drug-likeness (QED) is 0.407. The average Bonchev–Trinajstić information content (AvgIpc) is 2.56. The molecule has 0 spiro atoms. The summed E-state index contributed by atoms with van der Waals surface area (Å²) in [5, 5.41) is 15.9. The summed E-state index contributed by atoms with van der Waals surface area (Å²) in [6.07, 6.45) is 1.34. The molecule has 0 aliphatic rings. The van der Waals surface area contributed by atoms with E-state index < -0.39 is 6.09 Å². The molecule has 0 aliphatic heterocycles. The molecule has 0 heterocycles. The molecule has 0 atom stereocenters. The van der Waals surface area contributed by atoms with Gasteiger partial charge in [0.1, 0.15) is 0 Å². The van der Waals surface area contributed by atoms with Crippen molar-refractivity contribution in [2.24, 2.45) is 5.73 Å². The van der Waals surface area contributed by atoms with Crippen LogP contribution in [0.5, 0.6) is 0 Å². The van der Waals surface area contributed by atoms with Gasteiger partial charge in [0.05, 0.1) is 6.54 Å². The van der Waals surface area contributed by atoms with Crippen LogP contribution < -0.4 is 21.7 Å². The second-order valence-corrected chi connectivity index (χ2v) is 5.27. The molecule has 0 aromatic heterocycles. The molecule has 0 fully saturated rings. The molecule has 24 heavy (non-hydrogen) atoms. The monoisotopic (exact) mass is 336 g/mol. The standard InChI is InChI=1S/C16H24N4O4/c17-10-12-5-7-13(8-6-12)20-15(22)11-19-14(21)4-2-1-3-9-18-16(23)24/h5-8,18H,1-4,9-11,17H2,(H,19,21)(H,20,22)(H,23,24). The first-order valence-electron chi connectivity index (χ1n) is 7.83. The summed E-state index contributed by atoms with van der Waals surface area (Å²) in [6, 6.07) is 7.17. The molecule has 0 aliphatic carbocycles. The Balaban J connectivity index is 2.12. The van der Waals surface area contributed by atoms with Crippen molar-refractivity contribution in [3.63, 3.8) is 0 Å². The lowest BCUT2D eigenvalue weighted by atomic mass is 10.2. The van der Waals surface area contributed by atoms with Gasteiger partial charge in [-0.15, -0.1) is 0 Å². The number of anilines is 1. The minimum absolute atomic E-state index is 0.0853. The Labute approximate surface area is 140 Å². The fraction of sp³-hybridized carbons (Fsp3) is 0.438. The van der Waals surface area contributed by atoms with Crippen molar-refractivity contribution in [1.82, 2.24) is 10.6 Å².